The van der Waals surface area contributed by atoms with E-state index in [1.807, 2.05) is 0 Å². The fourth-order valence-electron chi connectivity index (χ4n) is 0.810. The van der Waals surface area contributed by atoms with Crippen LogP contribution in [0.4, 0.5) is 4.39 Å². The predicted molar refractivity (Wildman–Crippen MR) is 41.0 cm³/mol. The van der Waals surface area contributed by atoms with E-state index in [4.69, 9.17) is 9.47 Å². The van der Waals surface area contributed by atoms with Crippen molar-refractivity contribution in [2.24, 2.45) is 0 Å². The molecule has 0 spiro atoms. The lowest BCUT2D eigenvalue weighted by Gasteiger charge is -2.10. The molecule has 1 rings (SSSR count). The van der Waals surface area contributed by atoms with Crippen molar-refractivity contribution in [2.45, 2.75) is 6.29 Å². The predicted octanol–water partition coefficient (Wildman–Crippen LogP) is 2.18. The first-order chi connectivity index (χ1) is 5.29. The van der Waals surface area contributed by atoms with Crippen LogP contribution in [0.15, 0.2) is 10.8 Å². The number of hydrogen-bond acceptors (Lipinski definition) is 3. The van der Waals surface area contributed by atoms with E-state index in [1.165, 1.54) is 30.9 Å². The summed E-state index contributed by atoms with van der Waals surface area (Å²) in [5.41, 5.74) is 0.458. The summed E-state index contributed by atoms with van der Waals surface area (Å²) < 4.78 is 22.6. The number of thiophene rings is 1. The van der Waals surface area contributed by atoms with Crippen LogP contribution in [0.5, 0.6) is 0 Å². The fraction of sp³-hybridized carbons (Fsp3) is 0.429. The molecule has 0 atom stereocenters. The van der Waals surface area contributed by atoms with Gasteiger partial charge >= 0.3 is 0 Å². The highest BCUT2D eigenvalue weighted by molar-refractivity contribution is 7.08. The third-order valence-electron chi connectivity index (χ3n) is 1.32. The van der Waals surface area contributed by atoms with Gasteiger partial charge in [0.05, 0.1) is 5.56 Å². The molecule has 0 fully saturated rings. The van der Waals surface area contributed by atoms with Gasteiger partial charge in [-0.25, -0.2) is 4.39 Å². The maximum atomic E-state index is 12.8. The second-order valence-electron chi connectivity index (χ2n) is 1.98. The first-order valence-electron chi connectivity index (χ1n) is 3.06. The van der Waals surface area contributed by atoms with Crippen molar-refractivity contribution in [2.75, 3.05) is 14.2 Å². The molecule has 0 bridgehead atoms. The van der Waals surface area contributed by atoms with E-state index in [2.05, 4.69) is 0 Å². The lowest BCUT2D eigenvalue weighted by Crippen LogP contribution is -2.03. The molecule has 1 aromatic heterocycles. The Kier molecular flexibility index (Phi) is 2.99. The van der Waals surface area contributed by atoms with Crippen LogP contribution in [0.1, 0.15) is 11.9 Å². The van der Waals surface area contributed by atoms with Crippen molar-refractivity contribution < 1.29 is 13.9 Å². The SMILES string of the molecule is COC(OC)c1cscc1F. The zero-order chi connectivity index (χ0) is 8.27. The molecule has 1 aromatic rings. The Morgan fingerprint density at radius 3 is 2.36 bits per heavy atom. The lowest BCUT2D eigenvalue weighted by molar-refractivity contribution is -0.107. The second kappa shape index (κ2) is 3.80. The van der Waals surface area contributed by atoms with Gasteiger partial charge < -0.3 is 9.47 Å². The highest BCUT2D eigenvalue weighted by Crippen LogP contribution is 2.23. The molecule has 62 valence electrons. The Balaban J connectivity index is 2.81. The number of hydrogen-bond donors (Lipinski definition) is 0. The van der Waals surface area contributed by atoms with Crippen LogP contribution in [0.3, 0.4) is 0 Å². The summed E-state index contributed by atoms with van der Waals surface area (Å²) >= 11 is 1.29. The first kappa shape index (κ1) is 8.64. The number of rotatable bonds is 3. The monoisotopic (exact) mass is 176 g/mol. The molecule has 2 nitrogen and oxygen atoms in total. The summed E-state index contributed by atoms with van der Waals surface area (Å²) in [5.74, 6) is -0.274. The average Bonchev–Trinajstić information content (AvgIpc) is 2.40. The quantitative estimate of drug-likeness (QED) is 0.657. The van der Waals surface area contributed by atoms with Crippen molar-refractivity contribution in [1.82, 2.24) is 0 Å². The van der Waals surface area contributed by atoms with Crippen LogP contribution >= 0.6 is 11.3 Å². The zero-order valence-corrected chi connectivity index (χ0v) is 7.15. The van der Waals surface area contributed by atoms with E-state index >= 15 is 0 Å². The van der Waals surface area contributed by atoms with Crippen LogP contribution < -0.4 is 0 Å². The molecule has 0 N–H and O–H groups in total. The zero-order valence-electron chi connectivity index (χ0n) is 6.33. The molecule has 0 aliphatic rings. The topological polar surface area (TPSA) is 18.5 Å². The normalized spacial score (nSPS) is 10.9. The minimum absolute atomic E-state index is 0.274. The number of methoxy groups -OCH3 is 2. The standard InChI is InChI=1S/C7H9FO2S/c1-9-7(10-2)5-3-11-4-6(5)8/h3-4,7H,1-2H3. The van der Waals surface area contributed by atoms with Crippen LogP contribution in [0.25, 0.3) is 0 Å². The van der Waals surface area contributed by atoms with Gasteiger partial charge in [0, 0.05) is 25.0 Å². The summed E-state index contributed by atoms with van der Waals surface area (Å²) in [6.07, 6.45) is -0.582. The first-order valence-corrected chi connectivity index (χ1v) is 4.01. The molecular formula is C7H9FO2S. The van der Waals surface area contributed by atoms with E-state index in [9.17, 15) is 4.39 Å². The van der Waals surface area contributed by atoms with Crippen molar-refractivity contribution in [3.63, 3.8) is 0 Å². The van der Waals surface area contributed by atoms with Gasteiger partial charge in [-0.1, -0.05) is 0 Å². The molecule has 1 heterocycles. The molecule has 0 aliphatic carbocycles. The second-order valence-corrected chi connectivity index (χ2v) is 2.72. The number of halogens is 1. The summed E-state index contributed by atoms with van der Waals surface area (Å²) in [6, 6.07) is 0. The Bertz CT molecular complexity index is 220. The Labute approximate surface area is 68.6 Å². The minimum Gasteiger partial charge on any atom is -0.352 e. The maximum absolute atomic E-state index is 12.8. The summed E-state index contributed by atoms with van der Waals surface area (Å²) in [5, 5.41) is 3.09. The molecule has 0 radical (unpaired) electrons. The molecule has 0 amide bonds. The Hall–Kier alpha value is -0.450. The van der Waals surface area contributed by atoms with Gasteiger partial charge in [0.1, 0.15) is 5.82 Å². The average molecular weight is 176 g/mol. The van der Waals surface area contributed by atoms with E-state index < -0.39 is 6.29 Å². The maximum Gasteiger partial charge on any atom is 0.186 e. The van der Waals surface area contributed by atoms with Crippen molar-refractivity contribution in [3.05, 3.63) is 22.1 Å². The van der Waals surface area contributed by atoms with Crippen molar-refractivity contribution in [3.8, 4) is 0 Å². The molecule has 0 aliphatic heterocycles. The molecule has 0 aromatic carbocycles. The Morgan fingerprint density at radius 1 is 1.36 bits per heavy atom. The van der Waals surface area contributed by atoms with Gasteiger partial charge in [0.2, 0.25) is 0 Å². The molecule has 4 heteroatoms. The van der Waals surface area contributed by atoms with Crippen LogP contribution in [-0.4, -0.2) is 14.2 Å². The van der Waals surface area contributed by atoms with Gasteiger partial charge in [-0.05, 0) is 0 Å². The van der Waals surface area contributed by atoms with Crippen molar-refractivity contribution in [1.29, 1.82) is 0 Å². The highest BCUT2D eigenvalue weighted by atomic mass is 32.1. The van der Waals surface area contributed by atoms with E-state index in [0.717, 1.165) is 0 Å². The molecular weight excluding hydrogens is 167 g/mol. The van der Waals surface area contributed by atoms with E-state index in [0.29, 0.717) is 5.56 Å². The molecule has 11 heavy (non-hydrogen) atoms. The smallest absolute Gasteiger partial charge is 0.186 e. The summed E-state index contributed by atoms with van der Waals surface area (Å²) in [6.45, 7) is 0. The van der Waals surface area contributed by atoms with E-state index in [1.54, 1.807) is 5.38 Å². The minimum atomic E-state index is -0.582. The Morgan fingerprint density at radius 2 is 2.00 bits per heavy atom. The summed E-state index contributed by atoms with van der Waals surface area (Å²) in [7, 11) is 2.95. The third kappa shape index (κ3) is 1.77. The van der Waals surface area contributed by atoms with E-state index in [-0.39, 0.29) is 5.82 Å². The van der Waals surface area contributed by atoms with Gasteiger partial charge in [0.15, 0.2) is 6.29 Å². The van der Waals surface area contributed by atoms with Gasteiger partial charge in [-0.3, -0.25) is 0 Å². The number of ether oxygens (including phenoxy) is 2. The largest absolute Gasteiger partial charge is 0.352 e. The molecule has 0 unspecified atom stereocenters. The fourth-order valence-corrected chi connectivity index (χ4v) is 1.50. The van der Waals surface area contributed by atoms with Crippen molar-refractivity contribution >= 4 is 11.3 Å². The van der Waals surface area contributed by atoms with Crippen LogP contribution in [-0.2, 0) is 9.47 Å². The van der Waals surface area contributed by atoms with Gasteiger partial charge in [0.25, 0.3) is 0 Å². The summed E-state index contributed by atoms with van der Waals surface area (Å²) in [4.78, 5) is 0. The lowest BCUT2D eigenvalue weighted by atomic mass is 10.3. The van der Waals surface area contributed by atoms with Crippen LogP contribution in [0.2, 0.25) is 0 Å². The van der Waals surface area contributed by atoms with Gasteiger partial charge in [-0.2, -0.15) is 0 Å². The molecule has 0 saturated heterocycles. The molecule has 0 saturated carbocycles. The third-order valence-corrected chi connectivity index (χ3v) is 2.06. The highest BCUT2D eigenvalue weighted by Gasteiger charge is 2.14. The van der Waals surface area contributed by atoms with Gasteiger partial charge in [-0.15, -0.1) is 11.3 Å². The van der Waals surface area contributed by atoms with Crippen LogP contribution in [0, 0.1) is 5.82 Å².